The summed E-state index contributed by atoms with van der Waals surface area (Å²) in [5.74, 6) is -0.826. The number of benzene rings is 3. The number of carbonyl (C=O) groups is 2. The molecular formula is C29H30BrCl2N3O4S. The highest BCUT2D eigenvalue weighted by molar-refractivity contribution is 9.10. The molecule has 0 aliphatic heterocycles. The Morgan fingerprint density at radius 2 is 1.57 bits per heavy atom. The van der Waals surface area contributed by atoms with Gasteiger partial charge in [0.2, 0.25) is 11.8 Å². The molecule has 1 atom stereocenters. The number of halogens is 3. The molecule has 0 aromatic heterocycles. The second-order valence-corrected chi connectivity index (χ2v) is 13.4. The minimum absolute atomic E-state index is 0.00498. The minimum atomic E-state index is -4.20. The average molecular weight is 667 g/mol. The van der Waals surface area contributed by atoms with Gasteiger partial charge in [0.1, 0.15) is 12.6 Å². The number of hydrogen-bond donors (Lipinski definition) is 1. The van der Waals surface area contributed by atoms with Gasteiger partial charge in [-0.05, 0) is 67.8 Å². The molecule has 212 valence electrons. The summed E-state index contributed by atoms with van der Waals surface area (Å²) in [4.78, 5) is 28.7. The van der Waals surface area contributed by atoms with Crippen molar-refractivity contribution >= 4 is 66.7 Å². The summed E-state index contributed by atoms with van der Waals surface area (Å²) in [6.07, 6.45) is 3.90. The maximum Gasteiger partial charge on any atom is 0.264 e. The normalized spacial score (nSPS) is 14.5. The van der Waals surface area contributed by atoms with Crippen molar-refractivity contribution in [2.24, 2.45) is 0 Å². The number of nitrogens with one attached hydrogen (secondary N) is 1. The number of hydrogen-bond acceptors (Lipinski definition) is 4. The number of carbonyl (C=O) groups excluding carboxylic acids is 2. The zero-order valence-electron chi connectivity index (χ0n) is 21.9. The lowest BCUT2D eigenvalue weighted by Crippen LogP contribution is -2.52. The fourth-order valence-electron chi connectivity index (χ4n) is 4.69. The molecule has 1 N–H and O–H groups in total. The van der Waals surface area contributed by atoms with E-state index in [1.54, 1.807) is 25.1 Å². The Hall–Kier alpha value is -2.59. The Balaban J connectivity index is 1.69. The van der Waals surface area contributed by atoms with Crippen molar-refractivity contribution in [1.82, 2.24) is 10.2 Å². The van der Waals surface area contributed by atoms with E-state index in [-0.39, 0.29) is 39.1 Å². The maximum absolute atomic E-state index is 14.0. The van der Waals surface area contributed by atoms with Crippen LogP contribution in [0.1, 0.15) is 38.2 Å². The summed E-state index contributed by atoms with van der Waals surface area (Å²) < 4.78 is 29.5. The molecule has 0 unspecified atom stereocenters. The quantitative estimate of drug-likeness (QED) is 0.270. The Kier molecular flexibility index (Phi) is 10.2. The predicted octanol–water partition coefficient (Wildman–Crippen LogP) is 6.43. The molecule has 0 heterocycles. The van der Waals surface area contributed by atoms with Crippen LogP contribution in [0.25, 0.3) is 0 Å². The molecule has 4 rings (SSSR count). The molecule has 3 aromatic rings. The van der Waals surface area contributed by atoms with Crippen molar-refractivity contribution in [3.63, 3.8) is 0 Å². The van der Waals surface area contributed by atoms with E-state index in [1.807, 2.05) is 24.3 Å². The van der Waals surface area contributed by atoms with Crippen LogP contribution in [0.2, 0.25) is 10.0 Å². The molecule has 1 saturated carbocycles. The lowest BCUT2D eigenvalue weighted by atomic mass is 10.1. The van der Waals surface area contributed by atoms with Gasteiger partial charge in [0.15, 0.2) is 0 Å². The highest BCUT2D eigenvalue weighted by Gasteiger charge is 2.33. The lowest BCUT2D eigenvalue weighted by molar-refractivity contribution is -0.139. The summed E-state index contributed by atoms with van der Waals surface area (Å²) in [6.45, 7) is 1.21. The average Bonchev–Trinajstić information content (AvgIpc) is 3.43. The molecular weight excluding hydrogens is 637 g/mol. The zero-order chi connectivity index (χ0) is 28.9. The van der Waals surface area contributed by atoms with Crippen LogP contribution < -0.4 is 9.62 Å². The topological polar surface area (TPSA) is 86.8 Å². The van der Waals surface area contributed by atoms with E-state index < -0.39 is 28.5 Å². The number of anilines is 1. The van der Waals surface area contributed by atoms with E-state index in [9.17, 15) is 18.0 Å². The van der Waals surface area contributed by atoms with Gasteiger partial charge < -0.3 is 10.2 Å². The molecule has 7 nitrogen and oxygen atoms in total. The Labute approximate surface area is 253 Å². The van der Waals surface area contributed by atoms with Crippen LogP contribution in [0.15, 0.2) is 82.2 Å². The maximum atomic E-state index is 14.0. The minimum Gasteiger partial charge on any atom is -0.352 e. The summed E-state index contributed by atoms with van der Waals surface area (Å²) in [6, 6.07) is 18.8. The smallest absolute Gasteiger partial charge is 0.264 e. The zero-order valence-corrected chi connectivity index (χ0v) is 25.8. The van der Waals surface area contributed by atoms with Gasteiger partial charge in [-0.2, -0.15) is 0 Å². The summed E-state index contributed by atoms with van der Waals surface area (Å²) in [7, 11) is -4.20. The Morgan fingerprint density at radius 1 is 0.975 bits per heavy atom. The van der Waals surface area contributed by atoms with E-state index in [2.05, 4.69) is 21.2 Å². The standard InChI is InChI=1S/C29H30BrCl2N3O4S/c1-20(29(37)33-25-7-5-6-8-25)34(18-21-11-13-22(30)14-12-21)28(36)19-35(26-16-23(31)15-24(32)17-26)40(38,39)27-9-3-2-4-10-27/h2-4,9-17,20,25H,5-8,18-19H2,1H3,(H,33,37)/t20-/m1/s1. The van der Waals surface area contributed by atoms with Crippen LogP contribution in [0.3, 0.4) is 0 Å². The molecule has 0 radical (unpaired) electrons. The van der Waals surface area contributed by atoms with Gasteiger partial charge in [0, 0.05) is 27.1 Å². The molecule has 1 aliphatic rings. The first-order chi connectivity index (χ1) is 19.0. The first kappa shape index (κ1) is 30.4. The fraction of sp³-hybridized carbons (Fsp3) is 0.310. The molecule has 40 heavy (non-hydrogen) atoms. The summed E-state index contributed by atoms with van der Waals surface area (Å²) >= 11 is 15.9. The van der Waals surface area contributed by atoms with Gasteiger partial charge in [0.05, 0.1) is 10.6 Å². The van der Waals surface area contributed by atoms with Gasteiger partial charge >= 0.3 is 0 Å². The third-order valence-corrected chi connectivity index (χ3v) is 9.63. The van der Waals surface area contributed by atoms with Crippen LogP contribution >= 0.6 is 39.1 Å². The molecule has 0 bridgehead atoms. The second kappa shape index (κ2) is 13.4. The molecule has 2 amide bonds. The van der Waals surface area contributed by atoms with E-state index in [0.717, 1.165) is 40.0 Å². The number of sulfonamides is 1. The highest BCUT2D eigenvalue weighted by Crippen LogP contribution is 2.30. The first-order valence-corrected chi connectivity index (χ1v) is 15.9. The largest absolute Gasteiger partial charge is 0.352 e. The van der Waals surface area contributed by atoms with Crippen LogP contribution in [-0.4, -0.2) is 43.8 Å². The lowest BCUT2D eigenvalue weighted by Gasteiger charge is -2.32. The van der Waals surface area contributed by atoms with E-state index >= 15 is 0 Å². The highest BCUT2D eigenvalue weighted by atomic mass is 79.9. The molecule has 0 saturated heterocycles. The van der Waals surface area contributed by atoms with Crippen molar-refractivity contribution in [1.29, 1.82) is 0 Å². The number of rotatable bonds is 10. The van der Waals surface area contributed by atoms with E-state index in [0.29, 0.717) is 0 Å². The third-order valence-electron chi connectivity index (χ3n) is 6.88. The van der Waals surface area contributed by atoms with Crippen molar-refractivity contribution in [2.75, 3.05) is 10.8 Å². The molecule has 1 fully saturated rings. The monoisotopic (exact) mass is 665 g/mol. The van der Waals surface area contributed by atoms with Gasteiger partial charge in [0.25, 0.3) is 10.0 Å². The van der Waals surface area contributed by atoms with E-state index in [1.165, 1.54) is 35.2 Å². The van der Waals surface area contributed by atoms with E-state index in [4.69, 9.17) is 23.2 Å². The van der Waals surface area contributed by atoms with Crippen LogP contribution in [0, 0.1) is 0 Å². The number of nitrogens with zero attached hydrogens (tertiary/aromatic N) is 2. The summed E-state index contributed by atoms with van der Waals surface area (Å²) in [5.41, 5.74) is 0.932. The van der Waals surface area contributed by atoms with Crippen molar-refractivity contribution in [2.45, 2.75) is 56.1 Å². The van der Waals surface area contributed by atoms with Gasteiger partial charge in [-0.1, -0.05) is 82.3 Å². The predicted molar refractivity (Wildman–Crippen MR) is 162 cm³/mol. The fourth-order valence-corrected chi connectivity index (χ4v) is 6.89. The Bertz CT molecular complexity index is 1430. The van der Waals surface area contributed by atoms with Gasteiger partial charge in [-0.25, -0.2) is 8.42 Å². The first-order valence-electron chi connectivity index (χ1n) is 12.9. The molecule has 0 spiro atoms. The number of amides is 2. The Morgan fingerprint density at radius 3 is 2.17 bits per heavy atom. The van der Waals surface area contributed by atoms with Crippen LogP contribution in [0.4, 0.5) is 5.69 Å². The third kappa shape index (κ3) is 7.57. The van der Waals surface area contributed by atoms with Crippen LogP contribution in [0.5, 0.6) is 0 Å². The summed E-state index contributed by atoms with van der Waals surface area (Å²) in [5, 5.41) is 3.50. The second-order valence-electron chi connectivity index (χ2n) is 9.77. The molecule has 1 aliphatic carbocycles. The van der Waals surface area contributed by atoms with Gasteiger partial charge in [-0.3, -0.25) is 13.9 Å². The van der Waals surface area contributed by atoms with Crippen molar-refractivity contribution in [3.05, 3.63) is 92.9 Å². The van der Waals surface area contributed by atoms with Crippen molar-refractivity contribution < 1.29 is 18.0 Å². The van der Waals surface area contributed by atoms with Crippen LogP contribution in [-0.2, 0) is 26.2 Å². The molecule has 3 aromatic carbocycles. The van der Waals surface area contributed by atoms with Gasteiger partial charge in [-0.15, -0.1) is 0 Å². The molecule has 11 heteroatoms. The SMILES string of the molecule is C[C@H](C(=O)NC1CCCC1)N(Cc1ccc(Br)cc1)C(=O)CN(c1cc(Cl)cc(Cl)c1)S(=O)(=O)c1ccccc1. The van der Waals surface area contributed by atoms with Crippen molar-refractivity contribution in [3.8, 4) is 0 Å².